The molecule has 6 heteroatoms. The molecule has 1 fully saturated rings. The maximum atomic E-state index is 11.8. The Bertz CT molecular complexity index is 297. The molecule has 0 radical (unpaired) electrons. The van der Waals surface area contributed by atoms with Crippen molar-refractivity contribution in [2.24, 2.45) is 5.92 Å². The van der Waals surface area contributed by atoms with Gasteiger partial charge in [0.1, 0.15) is 0 Å². The minimum absolute atomic E-state index is 0.00200. The molecule has 1 rings (SSSR count). The van der Waals surface area contributed by atoms with Crippen LogP contribution >= 0.6 is 0 Å². The van der Waals surface area contributed by atoms with Crippen LogP contribution in [0.1, 0.15) is 19.8 Å². The van der Waals surface area contributed by atoms with Crippen LogP contribution in [0.15, 0.2) is 0 Å². The predicted octanol–water partition coefficient (Wildman–Crippen LogP) is -0.123. The fraction of sp³-hybridized carbons (Fsp3) is 0.833. The molecule has 3 amide bonds. The molecule has 2 N–H and O–H groups in total. The highest BCUT2D eigenvalue weighted by Gasteiger charge is 2.27. The average molecular weight is 257 g/mol. The van der Waals surface area contributed by atoms with Gasteiger partial charge in [0.2, 0.25) is 5.91 Å². The van der Waals surface area contributed by atoms with Gasteiger partial charge in [-0.1, -0.05) is 0 Å². The number of carbonyl (C=O) groups excluding carboxylic acids is 2. The standard InChI is InChI=1S/C12H23N3O3/c1-9(16)8-13-11(17)10-4-6-15(7-5-10)12(18)14(2)3/h9-10,16H,4-8H2,1-3H3,(H,13,17)/t9-/m1/s1. The highest BCUT2D eigenvalue weighted by atomic mass is 16.3. The van der Waals surface area contributed by atoms with Crippen molar-refractivity contribution >= 4 is 11.9 Å². The molecule has 1 atom stereocenters. The number of piperidine rings is 1. The van der Waals surface area contributed by atoms with Gasteiger partial charge in [0.25, 0.3) is 0 Å². The van der Waals surface area contributed by atoms with Gasteiger partial charge in [-0.3, -0.25) is 4.79 Å². The van der Waals surface area contributed by atoms with Crippen molar-refractivity contribution in [2.75, 3.05) is 33.7 Å². The first kappa shape index (κ1) is 14.8. The second kappa shape index (κ2) is 6.58. The number of amides is 3. The van der Waals surface area contributed by atoms with Crippen molar-refractivity contribution in [2.45, 2.75) is 25.9 Å². The maximum Gasteiger partial charge on any atom is 0.319 e. The maximum absolute atomic E-state index is 11.8. The van der Waals surface area contributed by atoms with E-state index in [1.54, 1.807) is 30.8 Å². The molecule has 1 heterocycles. The van der Waals surface area contributed by atoms with Gasteiger partial charge in [-0.25, -0.2) is 4.79 Å². The molecule has 0 saturated carbocycles. The van der Waals surface area contributed by atoms with Crippen LogP contribution in [0.5, 0.6) is 0 Å². The van der Waals surface area contributed by atoms with Crippen molar-refractivity contribution in [1.82, 2.24) is 15.1 Å². The van der Waals surface area contributed by atoms with E-state index in [0.717, 1.165) is 0 Å². The van der Waals surface area contributed by atoms with Crippen LogP contribution in [-0.2, 0) is 4.79 Å². The van der Waals surface area contributed by atoms with E-state index in [2.05, 4.69) is 5.32 Å². The van der Waals surface area contributed by atoms with Crippen LogP contribution in [0.3, 0.4) is 0 Å². The minimum Gasteiger partial charge on any atom is -0.392 e. The van der Waals surface area contributed by atoms with Gasteiger partial charge in [0.15, 0.2) is 0 Å². The van der Waals surface area contributed by atoms with E-state index in [-0.39, 0.29) is 24.4 Å². The minimum atomic E-state index is -0.524. The van der Waals surface area contributed by atoms with E-state index < -0.39 is 6.10 Å². The number of rotatable bonds is 3. The molecule has 0 spiro atoms. The highest BCUT2D eigenvalue weighted by Crippen LogP contribution is 2.18. The normalized spacial score (nSPS) is 18.3. The molecule has 0 aliphatic carbocycles. The fourth-order valence-electron chi connectivity index (χ4n) is 2.01. The average Bonchev–Trinajstić information content (AvgIpc) is 2.35. The quantitative estimate of drug-likeness (QED) is 0.740. The molecule has 0 aromatic rings. The number of nitrogens with one attached hydrogen (secondary N) is 1. The van der Waals surface area contributed by atoms with Crippen LogP contribution < -0.4 is 5.32 Å². The van der Waals surface area contributed by atoms with Gasteiger partial charge in [0.05, 0.1) is 6.10 Å². The third kappa shape index (κ3) is 4.18. The zero-order chi connectivity index (χ0) is 13.7. The molecule has 1 aliphatic rings. The second-order valence-corrected chi connectivity index (χ2v) is 5.03. The first-order chi connectivity index (χ1) is 8.41. The van der Waals surface area contributed by atoms with Gasteiger partial charge in [-0.05, 0) is 19.8 Å². The summed E-state index contributed by atoms with van der Waals surface area (Å²) in [5, 5.41) is 11.8. The van der Waals surface area contributed by atoms with E-state index in [9.17, 15) is 9.59 Å². The van der Waals surface area contributed by atoms with Crippen LogP contribution in [-0.4, -0.2) is 66.7 Å². The van der Waals surface area contributed by atoms with E-state index in [1.807, 2.05) is 0 Å². The van der Waals surface area contributed by atoms with Crippen LogP contribution in [0.4, 0.5) is 4.79 Å². The lowest BCUT2D eigenvalue weighted by molar-refractivity contribution is -0.126. The molecule has 6 nitrogen and oxygen atoms in total. The molecule has 0 unspecified atom stereocenters. The molecule has 1 saturated heterocycles. The topological polar surface area (TPSA) is 72.9 Å². The van der Waals surface area contributed by atoms with E-state index in [1.165, 1.54) is 0 Å². The lowest BCUT2D eigenvalue weighted by Gasteiger charge is -2.33. The Morgan fingerprint density at radius 1 is 1.39 bits per heavy atom. The number of likely N-dealkylation sites (tertiary alicyclic amines) is 1. The Kier molecular flexibility index (Phi) is 5.40. The number of aliphatic hydroxyl groups is 1. The number of hydrogen-bond acceptors (Lipinski definition) is 3. The van der Waals surface area contributed by atoms with Crippen LogP contribution in [0, 0.1) is 5.92 Å². The Morgan fingerprint density at radius 3 is 2.39 bits per heavy atom. The zero-order valence-electron chi connectivity index (χ0n) is 11.3. The van der Waals surface area contributed by atoms with Crippen LogP contribution in [0.25, 0.3) is 0 Å². The lowest BCUT2D eigenvalue weighted by atomic mass is 9.96. The summed E-state index contributed by atoms with van der Waals surface area (Å²) in [4.78, 5) is 26.8. The Labute approximate surface area is 108 Å². The summed E-state index contributed by atoms with van der Waals surface area (Å²) < 4.78 is 0. The second-order valence-electron chi connectivity index (χ2n) is 5.03. The highest BCUT2D eigenvalue weighted by molar-refractivity contribution is 5.79. The molecule has 0 aromatic carbocycles. The summed E-state index contributed by atoms with van der Waals surface area (Å²) in [7, 11) is 3.45. The molecule has 0 aromatic heterocycles. The summed E-state index contributed by atoms with van der Waals surface area (Å²) in [5.74, 6) is -0.0668. The fourth-order valence-corrected chi connectivity index (χ4v) is 2.01. The number of aliphatic hydroxyl groups excluding tert-OH is 1. The predicted molar refractivity (Wildman–Crippen MR) is 68.1 cm³/mol. The van der Waals surface area contributed by atoms with Gasteiger partial charge in [-0.15, -0.1) is 0 Å². The van der Waals surface area contributed by atoms with Crippen molar-refractivity contribution in [3.8, 4) is 0 Å². The number of nitrogens with zero attached hydrogens (tertiary/aromatic N) is 2. The number of hydrogen-bond donors (Lipinski definition) is 2. The van der Waals surface area contributed by atoms with Crippen molar-refractivity contribution in [3.63, 3.8) is 0 Å². The molecular formula is C12H23N3O3. The van der Waals surface area contributed by atoms with E-state index >= 15 is 0 Å². The molecule has 0 bridgehead atoms. The first-order valence-electron chi connectivity index (χ1n) is 6.33. The number of urea groups is 1. The lowest BCUT2D eigenvalue weighted by Crippen LogP contribution is -2.47. The molecule has 18 heavy (non-hydrogen) atoms. The van der Waals surface area contributed by atoms with Gasteiger partial charge in [-0.2, -0.15) is 0 Å². The van der Waals surface area contributed by atoms with Crippen molar-refractivity contribution in [1.29, 1.82) is 0 Å². The third-order valence-corrected chi connectivity index (χ3v) is 3.09. The van der Waals surface area contributed by atoms with Gasteiger partial charge >= 0.3 is 6.03 Å². The van der Waals surface area contributed by atoms with Crippen LogP contribution in [0.2, 0.25) is 0 Å². The van der Waals surface area contributed by atoms with E-state index in [4.69, 9.17) is 5.11 Å². The molecular weight excluding hydrogens is 234 g/mol. The summed E-state index contributed by atoms with van der Waals surface area (Å²) in [6.45, 7) is 3.15. The zero-order valence-corrected chi connectivity index (χ0v) is 11.3. The Morgan fingerprint density at radius 2 is 1.94 bits per heavy atom. The summed E-state index contributed by atoms with van der Waals surface area (Å²) in [6, 6.07) is -0.00200. The monoisotopic (exact) mass is 257 g/mol. The van der Waals surface area contributed by atoms with E-state index in [0.29, 0.717) is 25.9 Å². The number of carbonyl (C=O) groups is 2. The summed E-state index contributed by atoms with van der Waals surface area (Å²) in [6.07, 6.45) is 0.848. The Hall–Kier alpha value is -1.30. The first-order valence-corrected chi connectivity index (χ1v) is 6.33. The third-order valence-electron chi connectivity index (χ3n) is 3.09. The molecule has 1 aliphatic heterocycles. The summed E-state index contributed by atoms with van der Waals surface area (Å²) in [5.41, 5.74) is 0. The largest absolute Gasteiger partial charge is 0.392 e. The summed E-state index contributed by atoms with van der Waals surface area (Å²) >= 11 is 0. The van der Waals surface area contributed by atoms with Crippen molar-refractivity contribution < 1.29 is 14.7 Å². The Balaban J connectivity index is 2.35. The smallest absolute Gasteiger partial charge is 0.319 e. The molecule has 104 valence electrons. The van der Waals surface area contributed by atoms with Gasteiger partial charge in [0, 0.05) is 39.6 Å². The van der Waals surface area contributed by atoms with Crippen molar-refractivity contribution in [3.05, 3.63) is 0 Å². The SMILES string of the molecule is C[C@@H](O)CNC(=O)C1CCN(C(=O)N(C)C)CC1. The van der Waals surface area contributed by atoms with Gasteiger partial charge < -0.3 is 20.2 Å².